The minimum absolute atomic E-state index is 0.0646. The lowest BCUT2D eigenvalue weighted by molar-refractivity contribution is -0.298. The third-order valence-corrected chi connectivity index (χ3v) is 9.27. The number of alkyl halides is 1. The topological polar surface area (TPSA) is 161 Å². The molecule has 226 valence electrons. The molecule has 4 rings (SSSR count). The summed E-state index contributed by atoms with van der Waals surface area (Å²) >= 11 is 6.83. The van der Waals surface area contributed by atoms with E-state index < -0.39 is 101 Å². The molecule has 4 aliphatic rings. The normalized spacial score (nSPS) is 43.4. The van der Waals surface area contributed by atoms with Crippen LogP contribution in [0.2, 0.25) is 0 Å². The van der Waals surface area contributed by atoms with E-state index in [4.69, 9.17) is 40.0 Å². The molecule has 0 aromatic carbocycles. The molecule has 2 bridgehead atoms. The lowest BCUT2D eigenvalue weighted by Crippen LogP contribution is -2.76. The van der Waals surface area contributed by atoms with Crippen LogP contribution in [0.5, 0.6) is 0 Å². The first-order chi connectivity index (χ1) is 19.0. The van der Waals surface area contributed by atoms with E-state index in [1.165, 1.54) is 20.8 Å². The smallest absolute Gasteiger partial charge is 0.312 e. The number of halogens is 1. The summed E-state index contributed by atoms with van der Waals surface area (Å²) in [5.41, 5.74) is -3.03. The maximum atomic E-state index is 13.1. The fourth-order valence-electron chi connectivity index (χ4n) is 7.15. The highest BCUT2D eigenvalue weighted by Crippen LogP contribution is 2.61. The van der Waals surface area contributed by atoms with Gasteiger partial charge in [0.1, 0.15) is 30.5 Å². The molecular weight excluding hydrogens is 564 g/mol. The molecule has 0 radical (unpaired) electrons. The van der Waals surface area contributed by atoms with Crippen molar-refractivity contribution in [2.24, 2.45) is 17.3 Å². The van der Waals surface area contributed by atoms with Gasteiger partial charge in [-0.3, -0.25) is 24.0 Å². The van der Waals surface area contributed by atoms with E-state index in [2.05, 4.69) is 13.2 Å². The van der Waals surface area contributed by atoms with Crippen LogP contribution in [-0.4, -0.2) is 88.7 Å². The van der Waals surface area contributed by atoms with Gasteiger partial charge >= 0.3 is 29.8 Å². The molecule has 1 aliphatic carbocycles. The second kappa shape index (κ2) is 10.7. The van der Waals surface area contributed by atoms with E-state index in [1.807, 2.05) is 0 Å². The van der Waals surface area contributed by atoms with Crippen molar-refractivity contribution in [2.75, 3.05) is 0 Å². The second-order valence-corrected chi connectivity index (χ2v) is 11.9. The number of fused-ring (bicyclic) bond motifs is 2. The van der Waals surface area contributed by atoms with Gasteiger partial charge in [-0.2, -0.15) is 0 Å². The zero-order valence-corrected chi connectivity index (χ0v) is 24.5. The zero-order valence-electron chi connectivity index (χ0n) is 23.7. The molecule has 12 nitrogen and oxygen atoms in total. The highest BCUT2D eigenvalue weighted by atomic mass is 35.5. The van der Waals surface area contributed by atoms with Gasteiger partial charge in [-0.15, -0.1) is 11.6 Å². The van der Waals surface area contributed by atoms with E-state index in [0.717, 1.165) is 20.8 Å². The molecule has 4 fully saturated rings. The van der Waals surface area contributed by atoms with Crippen LogP contribution in [-0.2, 0) is 52.4 Å². The van der Waals surface area contributed by atoms with Gasteiger partial charge < -0.3 is 33.5 Å². The average molecular weight is 599 g/mol. The standard InChI is InChI=1S/C28H35ClO12/c1-10-9-17(36-13(4)30)23(38-15(6)32)27(8)18(10)24(39-16(7)33)28-12(3)26(35)40-25(28)19(29)11(2)20(41-28)21(22(27)34)37-14(5)31/h12,17-25,34H,1-2,9H2,3-8H3/t12-,17-,18+,19-,20+,21+,22-,23-,24-,25-,27-,28+/m0/s1. The van der Waals surface area contributed by atoms with Gasteiger partial charge in [-0.25, -0.2) is 0 Å². The van der Waals surface area contributed by atoms with Crippen molar-refractivity contribution in [1.29, 1.82) is 0 Å². The molecule has 0 aromatic rings. The van der Waals surface area contributed by atoms with Gasteiger partial charge in [-0.05, 0) is 12.5 Å². The number of hydrogen-bond acceptors (Lipinski definition) is 12. The number of ether oxygens (including phenoxy) is 6. The molecule has 3 saturated heterocycles. The molecular formula is C28H35ClO12. The third kappa shape index (κ3) is 4.73. The summed E-state index contributed by atoms with van der Waals surface area (Å²) in [5, 5.41) is 11.1. The Morgan fingerprint density at radius 2 is 1.49 bits per heavy atom. The minimum atomic E-state index is -1.77. The first kappa shape index (κ1) is 31.0. The van der Waals surface area contributed by atoms with Crippen LogP contribution in [0.3, 0.4) is 0 Å². The fraction of sp³-hybridized carbons (Fsp3) is 0.679. The monoisotopic (exact) mass is 598 g/mol. The SMILES string of the molecule is C=C1C[C@H](OC(C)=O)[C@H](OC(C)=O)[C@@]2(C)[C@H]1[C@H](OC(C)=O)[C@@]13O[C@H](C(=C)[C@H](Cl)[C@@H]1OC(=O)[C@@H]3C)[C@@H](OC(C)=O)[C@@H]2O. The Balaban J connectivity index is 2.08. The summed E-state index contributed by atoms with van der Waals surface area (Å²) in [6.45, 7) is 15.9. The van der Waals surface area contributed by atoms with E-state index in [-0.39, 0.29) is 12.0 Å². The summed E-state index contributed by atoms with van der Waals surface area (Å²) in [4.78, 5) is 62.7. The van der Waals surface area contributed by atoms with E-state index >= 15 is 0 Å². The fourth-order valence-corrected chi connectivity index (χ4v) is 7.52. The van der Waals surface area contributed by atoms with Crippen molar-refractivity contribution in [3.63, 3.8) is 0 Å². The molecule has 1 spiro atoms. The van der Waals surface area contributed by atoms with Crippen molar-refractivity contribution in [3.8, 4) is 0 Å². The van der Waals surface area contributed by atoms with E-state index in [9.17, 15) is 29.1 Å². The van der Waals surface area contributed by atoms with Crippen LogP contribution >= 0.6 is 11.6 Å². The summed E-state index contributed by atoms with van der Waals surface area (Å²) < 4.78 is 35.1. The first-order valence-corrected chi connectivity index (χ1v) is 13.7. The number of carbonyl (C=O) groups is 5. The number of hydrogen-bond donors (Lipinski definition) is 1. The van der Waals surface area contributed by atoms with Crippen LogP contribution in [0.25, 0.3) is 0 Å². The maximum Gasteiger partial charge on any atom is 0.312 e. The molecule has 1 N–H and O–H groups in total. The highest BCUT2D eigenvalue weighted by molar-refractivity contribution is 6.23. The molecule has 3 heterocycles. The first-order valence-electron chi connectivity index (χ1n) is 13.2. The predicted molar refractivity (Wildman–Crippen MR) is 139 cm³/mol. The quantitative estimate of drug-likeness (QED) is 0.215. The molecule has 0 unspecified atom stereocenters. The van der Waals surface area contributed by atoms with Crippen LogP contribution in [0.15, 0.2) is 24.3 Å². The molecule has 1 saturated carbocycles. The third-order valence-electron chi connectivity index (χ3n) is 8.76. The van der Waals surface area contributed by atoms with E-state index in [0.29, 0.717) is 5.57 Å². The summed E-state index contributed by atoms with van der Waals surface area (Å²) in [5.74, 6) is -5.86. The van der Waals surface area contributed by atoms with Crippen molar-refractivity contribution in [2.45, 2.75) is 102 Å². The molecule has 0 amide bonds. The van der Waals surface area contributed by atoms with Gasteiger partial charge in [0.15, 0.2) is 17.8 Å². The van der Waals surface area contributed by atoms with Gasteiger partial charge in [0, 0.05) is 45.4 Å². The molecule has 0 aromatic heterocycles. The average Bonchev–Trinajstić information content (AvgIpc) is 3.11. The number of carbonyl (C=O) groups excluding carboxylic acids is 5. The van der Waals surface area contributed by atoms with Gasteiger partial charge in [0.05, 0.1) is 11.3 Å². The van der Waals surface area contributed by atoms with Crippen LogP contribution < -0.4 is 0 Å². The Morgan fingerprint density at radius 1 is 0.951 bits per heavy atom. The Hall–Kier alpha value is -2.96. The maximum absolute atomic E-state index is 13.1. The number of esters is 5. The van der Waals surface area contributed by atoms with Crippen molar-refractivity contribution < 1.29 is 57.5 Å². The summed E-state index contributed by atoms with van der Waals surface area (Å²) in [6.07, 6.45) is -9.67. The molecule has 3 aliphatic heterocycles. The summed E-state index contributed by atoms with van der Waals surface area (Å²) in [6, 6.07) is 0. The zero-order chi connectivity index (χ0) is 30.8. The Morgan fingerprint density at radius 3 is 2.02 bits per heavy atom. The number of aliphatic hydroxyl groups is 1. The van der Waals surface area contributed by atoms with Gasteiger partial charge in [0.2, 0.25) is 0 Å². The summed E-state index contributed by atoms with van der Waals surface area (Å²) in [7, 11) is 0. The van der Waals surface area contributed by atoms with Gasteiger partial charge in [0.25, 0.3) is 0 Å². The highest BCUT2D eigenvalue weighted by Gasteiger charge is 2.76. The number of aliphatic hydroxyl groups excluding tert-OH is 1. The minimum Gasteiger partial charge on any atom is -0.459 e. The molecule has 12 atom stereocenters. The molecule has 13 heteroatoms. The molecule has 41 heavy (non-hydrogen) atoms. The van der Waals surface area contributed by atoms with Crippen molar-refractivity contribution >= 4 is 41.4 Å². The number of rotatable bonds is 4. The Bertz CT molecular complexity index is 1200. The van der Waals surface area contributed by atoms with Crippen LogP contribution in [0.1, 0.15) is 48.0 Å². The van der Waals surface area contributed by atoms with Gasteiger partial charge in [-0.1, -0.05) is 25.7 Å². The Labute approximate surface area is 242 Å². The Kier molecular flexibility index (Phi) is 8.09. The van der Waals surface area contributed by atoms with Crippen LogP contribution in [0.4, 0.5) is 0 Å². The predicted octanol–water partition coefficient (Wildman–Crippen LogP) is 1.53. The lowest BCUT2D eigenvalue weighted by Gasteiger charge is -2.62. The van der Waals surface area contributed by atoms with Crippen molar-refractivity contribution in [3.05, 3.63) is 24.3 Å². The second-order valence-electron chi connectivity index (χ2n) is 11.4. The van der Waals surface area contributed by atoms with Crippen molar-refractivity contribution in [1.82, 2.24) is 0 Å². The largest absolute Gasteiger partial charge is 0.459 e. The lowest BCUT2D eigenvalue weighted by atomic mass is 9.52. The van der Waals surface area contributed by atoms with Crippen LogP contribution in [0, 0.1) is 17.3 Å². The van der Waals surface area contributed by atoms with E-state index in [1.54, 1.807) is 0 Å².